The fraction of sp³-hybridized carbons (Fsp3) is 1.00. The van der Waals surface area contributed by atoms with Gasteiger partial charge in [-0.1, -0.05) is 6.92 Å². The summed E-state index contributed by atoms with van der Waals surface area (Å²) in [5, 5.41) is 0. The fourth-order valence-corrected chi connectivity index (χ4v) is 2.06. The van der Waals surface area contributed by atoms with Crippen LogP contribution in [0.2, 0.25) is 0 Å². The minimum Gasteiger partial charge on any atom is -0.306 e. The number of hydrogen-bond donors (Lipinski definition) is 0. The second kappa shape index (κ2) is 3.10. The van der Waals surface area contributed by atoms with Gasteiger partial charge in [0.2, 0.25) is 0 Å². The molecule has 1 heterocycles. The Bertz CT molecular complexity index is 110. The van der Waals surface area contributed by atoms with Crippen LogP contribution in [-0.4, -0.2) is 30.9 Å². The summed E-state index contributed by atoms with van der Waals surface area (Å²) in [5.41, 5.74) is 0.441. The van der Waals surface area contributed by atoms with Crippen LogP contribution >= 0.6 is 11.6 Å². The highest BCUT2D eigenvalue weighted by molar-refractivity contribution is 6.18. The summed E-state index contributed by atoms with van der Waals surface area (Å²) in [6, 6.07) is 0. The number of halogens is 1. The van der Waals surface area contributed by atoms with E-state index < -0.39 is 0 Å². The van der Waals surface area contributed by atoms with Crippen molar-refractivity contribution in [3.63, 3.8) is 0 Å². The summed E-state index contributed by atoms with van der Waals surface area (Å²) in [7, 11) is 2.17. The second-order valence-electron chi connectivity index (χ2n) is 3.47. The second-order valence-corrected chi connectivity index (χ2v) is 3.74. The Morgan fingerprint density at radius 2 is 2.30 bits per heavy atom. The Hall–Kier alpha value is 0.250. The van der Waals surface area contributed by atoms with Crippen LogP contribution in [0.15, 0.2) is 0 Å². The maximum atomic E-state index is 5.90. The average Bonchev–Trinajstić information content (AvgIpc) is 2.33. The predicted octanol–water partition coefficient (Wildman–Crippen LogP) is 1.96. The van der Waals surface area contributed by atoms with Crippen molar-refractivity contribution in [3.05, 3.63) is 0 Å². The van der Waals surface area contributed by atoms with Crippen LogP contribution in [0.4, 0.5) is 0 Å². The number of alkyl halides is 1. The van der Waals surface area contributed by atoms with Gasteiger partial charge in [-0.25, -0.2) is 0 Å². The minimum absolute atomic E-state index is 0.441. The van der Waals surface area contributed by atoms with Crippen molar-refractivity contribution >= 4 is 11.6 Å². The van der Waals surface area contributed by atoms with Crippen molar-refractivity contribution in [1.82, 2.24) is 4.90 Å². The molecule has 10 heavy (non-hydrogen) atoms. The average molecular weight is 162 g/mol. The molecule has 0 spiro atoms. The molecule has 2 heteroatoms. The molecule has 0 aromatic carbocycles. The predicted molar refractivity (Wildman–Crippen MR) is 45.6 cm³/mol. The molecule has 0 aliphatic carbocycles. The zero-order chi connectivity index (χ0) is 7.61. The fourth-order valence-electron chi connectivity index (χ4n) is 1.65. The number of nitrogens with zero attached hydrogens (tertiary/aromatic N) is 1. The van der Waals surface area contributed by atoms with Crippen LogP contribution in [0.1, 0.15) is 19.8 Å². The third-order valence-corrected chi connectivity index (χ3v) is 3.23. The standard InChI is InChI=1S/C8H16ClN/c1-3-8(6-9)4-5-10(2)7-8/h3-7H2,1-2H3. The van der Waals surface area contributed by atoms with Crippen molar-refractivity contribution in [2.24, 2.45) is 5.41 Å². The minimum atomic E-state index is 0.441. The first-order valence-corrected chi connectivity index (χ1v) is 4.50. The van der Waals surface area contributed by atoms with Crippen LogP contribution in [-0.2, 0) is 0 Å². The van der Waals surface area contributed by atoms with E-state index in [2.05, 4.69) is 18.9 Å². The van der Waals surface area contributed by atoms with Gasteiger partial charge in [-0.15, -0.1) is 11.6 Å². The summed E-state index contributed by atoms with van der Waals surface area (Å²) in [5.74, 6) is 0.827. The first-order valence-electron chi connectivity index (χ1n) is 3.97. The monoisotopic (exact) mass is 161 g/mol. The van der Waals surface area contributed by atoms with E-state index >= 15 is 0 Å². The van der Waals surface area contributed by atoms with E-state index in [1.54, 1.807) is 0 Å². The first kappa shape index (κ1) is 8.35. The van der Waals surface area contributed by atoms with Crippen LogP contribution in [0.5, 0.6) is 0 Å². The largest absolute Gasteiger partial charge is 0.306 e. The number of likely N-dealkylation sites (tertiary alicyclic amines) is 1. The Morgan fingerprint density at radius 3 is 2.50 bits per heavy atom. The third-order valence-electron chi connectivity index (χ3n) is 2.66. The van der Waals surface area contributed by atoms with E-state index in [-0.39, 0.29) is 0 Å². The molecular formula is C8H16ClN. The molecule has 1 fully saturated rings. The van der Waals surface area contributed by atoms with Crippen molar-refractivity contribution < 1.29 is 0 Å². The van der Waals surface area contributed by atoms with E-state index in [1.807, 2.05) is 0 Å². The molecule has 0 bridgehead atoms. The molecule has 1 atom stereocenters. The summed E-state index contributed by atoms with van der Waals surface area (Å²) in [6.45, 7) is 4.65. The van der Waals surface area contributed by atoms with Gasteiger partial charge in [-0.05, 0) is 31.8 Å². The van der Waals surface area contributed by atoms with Gasteiger partial charge in [0.1, 0.15) is 0 Å². The normalized spacial score (nSPS) is 35.1. The highest BCUT2D eigenvalue weighted by Crippen LogP contribution is 2.33. The Labute approximate surface area is 68.4 Å². The lowest BCUT2D eigenvalue weighted by Crippen LogP contribution is -2.25. The van der Waals surface area contributed by atoms with E-state index in [9.17, 15) is 0 Å². The summed E-state index contributed by atoms with van der Waals surface area (Å²) >= 11 is 5.90. The molecule has 0 aromatic rings. The molecule has 1 unspecified atom stereocenters. The third kappa shape index (κ3) is 1.46. The van der Waals surface area contributed by atoms with E-state index in [4.69, 9.17) is 11.6 Å². The molecule has 0 saturated carbocycles. The van der Waals surface area contributed by atoms with E-state index in [1.165, 1.54) is 25.9 Å². The maximum absolute atomic E-state index is 5.90. The lowest BCUT2D eigenvalue weighted by atomic mass is 9.87. The molecule has 1 rings (SSSR count). The van der Waals surface area contributed by atoms with Crippen LogP contribution in [0, 0.1) is 5.41 Å². The lowest BCUT2D eigenvalue weighted by molar-refractivity contribution is 0.305. The maximum Gasteiger partial charge on any atom is 0.0292 e. The SMILES string of the molecule is CCC1(CCl)CCN(C)C1. The molecule has 1 saturated heterocycles. The molecular weight excluding hydrogens is 146 g/mol. The van der Waals surface area contributed by atoms with Gasteiger partial charge in [0.25, 0.3) is 0 Å². The highest BCUT2D eigenvalue weighted by atomic mass is 35.5. The Kier molecular flexibility index (Phi) is 2.59. The lowest BCUT2D eigenvalue weighted by Gasteiger charge is -2.23. The molecule has 0 aromatic heterocycles. The molecule has 1 nitrogen and oxygen atoms in total. The molecule has 0 radical (unpaired) electrons. The number of rotatable bonds is 2. The Balaban J connectivity index is 2.51. The molecule has 60 valence electrons. The van der Waals surface area contributed by atoms with Crippen molar-refractivity contribution in [1.29, 1.82) is 0 Å². The van der Waals surface area contributed by atoms with E-state index in [0.717, 1.165) is 5.88 Å². The van der Waals surface area contributed by atoms with Crippen molar-refractivity contribution in [3.8, 4) is 0 Å². The smallest absolute Gasteiger partial charge is 0.0292 e. The van der Waals surface area contributed by atoms with Crippen LogP contribution in [0.25, 0.3) is 0 Å². The van der Waals surface area contributed by atoms with Gasteiger partial charge in [-0.3, -0.25) is 0 Å². The van der Waals surface area contributed by atoms with Crippen molar-refractivity contribution in [2.75, 3.05) is 26.0 Å². The number of hydrogen-bond acceptors (Lipinski definition) is 1. The van der Waals surface area contributed by atoms with E-state index in [0.29, 0.717) is 5.41 Å². The van der Waals surface area contributed by atoms with Crippen molar-refractivity contribution in [2.45, 2.75) is 19.8 Å². The molecule has 0 amide bonds. The Morgan fingerprint density at radius 1 is 1.60 bits per heavy atom. The summed E-state index contributed by atoms with van der Waals surface area (Å²) in [4.78, 5) is 2.37. The van der Waals surface area contributed by atoms with Gasteiger partial charge in [0, 0.05) is 12.4 Å². The van der Waals surface area contributed by atoms with Gasteiger partial charge in [0.15, 0.2) is 0 Å². The summed E-state index contributed by atoms with van der Waals surface area (Å²) in [6.07, 6.45) is 2.50. The summed E-state index contributed by atoms with van der Waals surface area (Å²) < 4.78 is 0. The quantitative estimate of drug-likeness (QED) is 0.560. The van der Waals surface area contributed by atoms with Gasteiger partial charge < -0.3 is 4.90 Å². The zero-order valence-electron chi connectivity index (χ0n) is 6.86. The van der Waals surface area contributed by atoms with Gasteiger partial charge in [-0.2, -0.15) is 0 Å². The molecule has 0 N–H and O–H groups in total. The zero-order valence-corrected chi connectivity index (χ0v) is 7.62. The first-order chi connectivity index (χ1) is 4.72. The molecule has 1 aliphatic heterocycles. The molecule has 1 aliphatic rings. The van der Waals surface area contributed by atoms with Crippen LogP contribution in [0.3, 0.4) is 0 Å². The topological polar surface area (TPSA) is 3.24 Å². The van der Waals surface area contributed by atoms with Crippen LogP contribution < -0.4 is 0 Å². The van der Waals surface area contributed by atoms with Gasteiger partial charge >= 0.3 is 0 Å². The highest BCUT2D eigenvalue weighted by Gasteiger charge is 2.33. The van der Waals surface area contributed by atoms with Gasteiger partial charge in [0.05, 0.1) is 0 Å².